The molecule has 0 unspecified atom stereocenters. The number of carboxylic acid groups (broad SMARTS) is 1. The molecule has 24 heavy (non-hydrogen) atoms. The number of nitrogens with zero attached hydrogens (tertiary/aromatic N) is 4. The number of aromatic nitrogens is 4. The van der Waals surface area contributed by atoms with Gasteiger partial charge in [0.15, 0.2) is 17.0 Å². The lowest BCUT2D eigenvalue weighted by Gasteiger charge is -2.07. The number of nitrogen functional groups attached to an aromatic ring is 2. The maximum Gasteiger partial charge on any atom is 0.335 e. The molecule has 0 fully saturated rings. The van der Waals surface area contributed by atoms with Crippen LogP contribution in [0.2, 0.25) is 0 Å². The van der Waals surface area contributed by atoms with Crippen molar-refractivity contribution in [1.29, 1.82) is 0 Å². The molecule has 0 bridgehead atoms. The average molecular weight is 325 g/mol. The maximum atomic E-state index is 10.8. The molecule has 9 nitrogen and oxygen atoms in total. The standard InChI is InChI=1S/C15H15N7O2/c16-12-11-13(22-15(17)21-12)19-7-10(20-11)5-6-18-9-3-1-8(2-4-9)14(23)24/h1-4,7,18H,5-6H2,(H,23,24)(H4,16,17,19,21,22). The molecule has 6 N–H and O–H groups in total. The molecule has 0 aliphatic carbocycles. The summed E-state index contributed by atoms with van der Waals surface area (Å²) in [5, 5.41) is 12.1. The second-order valence-corrected chi connectivity index (χ2v) is 5.06. The first kappa shape index (κ1) is 15.4. The number of hydrogen-bond acceptors (Lipinski definition) is 8. The van der Waals surface area contributed by atoms with E-state index in [1.165, 1.54) is 0 Å². The fourth-order valence-electron chi connectivity index (χ4n) is 2.17. The number of nitrogens with two attached hydrogens (primary N) is 2. The average Bonchev–Trinajstić information content (AvgIpc) is 2.55. The Bertz CT molecular complexity index is 896. The molecule has 2 heterocycles. The van der Waals surface area contributed by atoms with E-state index >= 15 is 0 Å². The predicted octanol–water partition coefficient (Wildman–Crippen LogP) is 0.937. The highest BCUT2D eigenvalue weighted by Gasteiger charge is 2.07. The highest BCUT2D eigenvalue weighted by Crippen LogP contribution is 2.15. The van der Waals surface area contributed by atoms with Gasteiger partial charge in [-0.15, -0.1) is 0 Å². The van der Waals surface area contributed by atoms with E-state index < -0.39 is 5.97 Å². The summed E-state index contributed by atoms with van der Waals surface area (Å²) in [6.45, 7) is 0.600. The second-order valence-electron chi connectivity index (χ2n) is 5.06. The Kier molecular flexibility index (Phi) is 4.06. The number of hydrogen-bond donors (Lipinski definition) is 4. The molecule has 3 aromatic rings. The number of benzene rings is 1. The van der Waals surface area contributed by atoms with E-state index in [-0.39, 0.29) is 17.3 Å². The zero-order valence-corrected chi connectivity index (χ0v) is 12.6. The normalized spacial score (nSPS) is 10.7. The van der Waals surface area contributed by atoms with Crippen molar-refractivity contribution >= 4 is 34.6 Å². The van der Waals surface area contributed by atoms with Crippen molar-refractivity contribution in [1.82, 2.24) is 19.9 Å². The Balaban J connectivity index is 1.66. The van der Waals surface area contributed by atoms with Crippen LogP contribution in [0.5, 0.6) is 0 Å². The van der Waals surface area contributed by atoms with Gasteiger partial charge in [0.1, 0.15) is 0 Å². The van der Waals surface area contributed by atoms with Gasteiger partial charge in [-0.2, -0.15) is 9.97 Å². The van der Waals surface area contributed by atoms with Crippen molar-refractivity contribution in [3.05, 3.63) is 41.7 Å². The predicted molar refractivity (Wildman–Crippen MR) is 89.5 cm³/mol. The quantitative estimate of drug-likeness (QED) is 0.536. The molecule has 0 amide bonds. The van der Waals surface area contributed by atoms with Crippen LogP contribution in [0.1, 0.15) is 16.1 Å². The summed E-state index contributed by atoms with van der Waals surface area (Å²) < 4.78 is 0. The van der Waals surface area contributed by atoms with Gasteiger partial charge in [-0.25, -0.2) is 14.8 Å². The van der Waals surface area contributed by atoms with Gasteiger partial charge in [0, 0.05) is 18.7 Å². The smallest absolute Gasteiger partial charge is 0.335 e. The molecular formula is C15H15N7O2. The summed E-state index contributed by atoms with van der Waals surface area (Å²) in [5.74, 6) is -0.689. The summed E-state index contributed by atoms with van der Waals surface area (Å²) in [4.78, 5) is 27.2. The van der Waals surface area contributed by atoms with Crippen molar-refractivity contribution in [2.75, 3.05) is 23.3 Å². The van der Waals surface area contributed by atoms with Crippen LogP contribution in [0, 0.1) is 0 Å². The van der Waals surface area contributed by atoms with Crippen LogP contribution in [0.4, 0.5) is 17.5 Å². The molecular weight excluding hydrogens is 310 g/mol. The molecule has 3 rings (SSSR count). The number of fused-ring (bicyclic) bond motifs is 1. The Morgan fingerprint density at radius 1 is 1.12 bits per heavy atom. The van der Waals surface area contributed by atoms with E-state index in [0.29, 0.717) is 24.1 Å². The number of rotatable bonds is 5. The van der Waals surface area contributed by atoms with Gasteiger partial charge in [0.2, 0.25) is 5.95 Å². The van der Waals surface area contributed by atoms with Crippen LogP contribution in [-0.2, 0) is 6.42 Å². The Morgan fingerprint density at radius 3 is 2.58 bits per heavy atom. The van der Waals surface area contributed by atoms with E-state index in [4.69, 9.17) is 16.6 Å². The Hall–Kier alpha value is -3.49. The molecule has 0 aliphatic heterocycles. The van der Waals surface area contributed by atoms with E-state index in [1.54, 1.807) is 30.5 Å². The van der Waals surface area contributed by atoms with E-state index in [0.717, 1.165) is 11.4 Å². The van der Waals surface area contributed by atoms with Crippen molar-refractivity contribution in [3.63, 3.8) is 0 Å². The lowest BCUT2D eigenvalue weighted by Crippen LogP contribution is -2.08. The van der Waals surface area contributed by atoms with Crippen LogP contribution in [0.15, 0.2) is 30.5 Å². The Labute approximate surface area is 136 Å². The zero-order valence-electron chi connectivity index (χ0n) is 12.6. The van der Waals surface area contributed by atoms with Crippen LogP contribution < -0.4 is 16.8 Å². The van der Waals surface area contributed by atoms with E-state index in [2.05, 4.69) is 25.3 Å². The van der Waals surface area contributed by atoms with Gasteiger partial charge in [0.25, 0.3) is 0 Å². The van der Waals surface area contributed by atoms with Crippen molar-refractivity contribution in [2.45, 2.75) is 6.42 Å². The minimum Gasteiger partial charge on any atom is -0.478 e. The lowest BCUT2D eigenvalue weighted by atomic mass is 10.2. The third-order valence-electron chi connectivity index (χ3n) is 3.34. The minimum atomic E-state index is -0.951. The van der Waals surface area contributed by atoms with Crippen molar-refractivity contribution in [2.24, 2.45) is 0 Å². The highest BCUT2D eigenvalue weighted by atomic mass is 16.4. The molecule has 0 spiro atoms. The molecule has 122 valence electrons. The van der Waals surface area contributed by atoms with Gasteiger partial charge in [-0.05, 0) is 24.3 Å². The SMILES string of the molecule is Nc1nc(N)c2nc(CCNc3ccc(C(=O)O)cc3)cnc2n1. The number of carboxylic acids is 1. The summed E-state index contributed by atoms with van der Waals surface area (Å²) in [5.41, 5.74) is 13.9. The van der Waals surface area contributed by atoms with Gasteiger partial charge >= 0.3 is 5.97 Å². The van der Waals surface area contributed by atoms with Crippen LogP contribution in [0.3, 0.4) is 0 Å². The van der Waals surface area contributed by atoms with Crippen molar-refractivity contribution in [3.8, 4) is 0 Å². The zero-order chi connectivity index (χ0) is 17.1. The van der Waals surface area contributed by atoms with Gasteiger partial charge in [0.05, 0.1) is 17.5 Å². The maximum absolute atomic E-state index is 10.8. The molecule has 0 saturated carbocycles. The van der Waals surface area contributed by atoms with Crippen LogP contribution in [0.25, 0.3) is 11.2 Å². The fraction of sp³-hybridized carbons (Fsp3) is 0.133. The molecule has 1 aromatic carbocycles. The fourth-order valence-corrected chi connectivity index (χ4v) is 2.17. The van der Waals surface area contributed by atoms with E-state index in [1.807, 2.05) is 0 Å². The largest absolute Gasteiger partial charge is 0.478 e. The Morgan fingerprint density at radius 2 is 1.88 bits per heavy atom. The molecule has 0 radical (unpaired) electrons. The monoisotopic (exact) mass is 325 g/mol. The topological polar surface area (TPSA) is 153 Å². The molecule has 9 heteroatoms. The third-order valence-corrected chi connectivity index (χ3v) is 3.34. The van der Waals surface area contributed by atoms with Gasteiger partial charge < -0.3 is 21.9 Å². The summed E-state index contributed by atoms with van der Waals surface area (Å²) in [7, 11) is 0. The number of anilines is 3. The highest BCUT2D eigenvalue weighted by molar-refractivity contribution is 5.88. The second kappa shape index (κ2) is 6.32. The summed E-state index contributed by atoms with van der Waals surface area (Å²) >= 11 is 0. The number of carbonyl (C=O) groups is 1. The van der Waals surface area contributed by atoms with Crippen molar-refractivity contribution < 1.29 is 9.90 Å². The number of aromatic carboxylic acids is 1. The first-order chi connectivity index (χ1) is 11.5. The van der Waals surface area contributed by atoms with Crippen LogP contribution >= 0.6 is 0 Å². The lowest BCUT2D eigenvalue weighted by molar-refractivity contribution is 0.0697. The summed E-state index contributed by atoms with van der Waals surface area (Å²) in [6.07, 6.45) is 2.22. The molecule has 0 aliphatic rings. The first-order valence-corrected chi connectivity index (χ1v) is 7.15. The van der Waals surface area contributed by atoms with Gasteiger partial charge in [-0.1, -0.05) is 0 Å². The third kappa shape index (κ3) is 3.29. The number of nitrogens with one attached hydrogen (secondary N) is 1. The van der Waals surface area contributed by atoms with Crippen LogP contribution in [-0.4, -0.2) is 37.6 Å². The van der Waals surface area contributed by atoms with Gasteiger partial charge in [-0.3, -0.25) is 0 Å². The molecule has 0 atom stereocenters. The molecule has 0 saturated heterocycles. The summed E-state index contributed by atoms with van der Waals surface area (Å²) in [6, 6.07) is 6.51. The molecule has 2 aromatic heterocycles. The minimum absolute atomic E-state index is 0.0634. The first-order valence-electron chi connectivity index (χ1n) is 7.15. The van der Waals surface area contributed by atoms with E-state index in [9.17, 15) is 4.79 Å².